The summed E-state index contributed by atoms with van der Waals surface area (Å²) < 4.78 is 0. The number of rotatable bonds is 3. The van der Waals surface area contributed by atoms with E-state index in [1.807, 2.05) is 13.1 Å². The Morgan fingerprint density at radius 3 is 2.67 bits per heavy atom. The van der Waals surface area contributed by atoms with Gasteiger partial charge in [0.15, 0.2) is 0 Å². The average Bonchev–Trinajstić information content (AvgIpc) is 1.89. The largest absolute Gasteiger partial charge is 0.296 e. The molecule has 0 aromatic carbocycles. The normalized spacial score (nSPS) is 13.0. The van der Waals surface area contributed by atoms with Crippen molar-refractivity contribution in [1.29, 1.82) is 0 Å². The van der Waals surface area contributed by atoms with Crippen LogP contribution in [0.4, 0.5) is 0 Å². The van der Waals surface area contributed by atoms with E-state index in [1.54, 1.807) is 7.05 Å². The lowest BCUT2D eigenvalue weighted by Gasteiger charge is -1.89. The van der Waals surface area contributed by atoms with E-state index in [0.717, 1.165) is 18.7 Å². The SMILES string of the molecule is CC/C=N\C/C(C)=N/C. The van der Waals surface area contributed by atoms with Crippen LogP contribution < -0.4 is 0 Å². The molecule has 0 radical (unpaired) electrons. The molecule has 0 N–H and O–H groups in total. The first-order chi connectivity index (χ1) is 4.31. The quantitative estimate of drug-likeness (QED) is 0.513. The molecule has 0 bridgehead atoms. The highest BCUT2D eigenvalue weighted by Gasteiger charge is 1.81. The zero-order chi connectivity index (χ0) is 7.11. The maximum absolute atomic E-state index is 4.10. The third kappa shape index (κ3) is 5.21. The van der Waals surface area contributed by atoms with Crippen LogP contribution in [0, 0.1) is 0 Å². The monoisotopic (exact) mass is 126 g/mol. The smallest absolute Gasteiger partial charge is 0.0761 e. The van der Waals surface area contributed by atoms with Gasteiger partial charge in [-0.25, -0.2) is 0 Å². The van der Waals surface area contributed by atoms with Crippen molar-refractivity contribution in [2.45, 2.75) is 20.3 Å². The molecule has 0 rings (SSSR count). The molecule has 9 heavy (non-hydrogen) atoms. The van der Waals surface area contributed by atoms with Gasteiger partial charge in [-0.15, -0.1) is 0 Å². The summed E-state index contributed by atoms with van der Waals surface area (Å²) in [7, 11) is 1.79. The van der Waals surface area contributed by atoms with Crippen molar-refractivity contribution in [3.05, 3.63) is 0 Å². The molecular weight excluding hydrogens is 112 g/mol. The van der Waals surface area contributed by atoms with Gasteiger partial charge in [-0.05, 0) is 19.6 Å². The topological polar surface area (TPSA) is 24.7 Å². The zero-order valence-corrected chi connectivity index (χ0v) is 6.39. The Balaban J connectivity index is 3.38. The van der Waals surface area contributed by atoms with Crippen molar-refractivity contribution in [3.8, 4) is 0 Å². The highest BCUT2D eigenvalue weighted by molar-refractivity contribution is 5.84. The van der Waals surface area contributed by atoms with Gasteiger partial charge in [-0.1, -0.05) is 6.92 Å². The summed E-state index contributed by atoms with van der Waals surface area (Å²) >= 11 is 0. The molecule has 0 fully saturated rings. The molecule has 0 unspecified atom stereocenters. The predicted molar refractivity (Wildman–Crippen MR) is 42.7 cm³/mol. The first-order valence-electron chi connectivity index (χ1n) is 3.21. The summed E-state index contributed by atoms with van der Waals surface area (Å²) in [5.74, 6) is 0. The van der Waals surface area contributed by atoms with E-state index in [-0.39, 0.29) is 0 Å². The fourth-order valence-electron chi connectivity index (χ4n) is 0.396. The Bertz CT molecular complexity index is 114. The number of nitrogens with zero attached hydrogens (tertiary/aromatic N) is 2. The number of hydrogen-bond donors (Lipinski definition) is 0. The highest BCUT2D eigenvalue weighted by Crippen LogP contribution is 1.77. The van der Waals surface area contributed by atoms with Crippen LogP contribution in [0.2, 0.25) is 0 Å². The van der Waals surface area contributed by atoms with Crippen LogP contribution in [0.15, 0.2) is 9.98 Å². The molecule has 0 spiro atoms. The number of hydrogen-bond acceptors (Lipinski definition) is 2. The molecule has 0 amide bonds. The van der Waals surface area contributed by atoms with Crippen molar-refractivity contribution >= 4 is 11.9 Å². The molecule has 0 atom stereocenters. The van der Waals surface area contributed by atoms with Crippen LogP contribution >= 0.6 is 0 Å². The molecule has 2 heteroatoms. The van der Waals surface area contributed by atoms with Gasteiger partial charge in [0, 0.05) is 12.8 Å². The molecule has 52 valence electrons. The van der Waals surface area contributed by atoms with Crippen LogP contribution in [0.1, 0.15) is 20.3 Å². The van der Waals surface area contributed by atoms with Gasteiger partial charge in [0.1, 0.15) is 0 Å². The van der Waals surface area contributed by atoms with Crippen LogP contribution in [0.3, 0.4) is 0 Å². The lowest BCUT2D eigenvalue weighted by molar-refractivity contribution is 1.22. The van der Waals surface area contributed by atoms with E-state index in [9.17, 15) is 0 Å². The van der Waals surface area contributed by atoms with Gasteiger partial charge < -0.3 is 0 Å². The van der Waals surface area contributed by atoms with Crippen LogP contribution in [-0.2, 0) is 0 Å². The minimum absolute atomic E-state index is 0.754. The Kier molecular flexibility index (Phi) is 5.07. The molecule has 0 aromatic rings. The van der Waals surface area contributed by atoms with Gasteiger partial charge in [-0.3, -0.25) is 9.98 Å². The summed E-state index contributed by atoms with van der Waals surface area (Å²) in [6.07, 6.45) is 2.92. The van der Waals surface area contributed by atoms with Crippen molar-refractivity contribution in [2.24, 2.45) is 9.98 Å². The third-order valence-electron chi connectivity index (χ3n) is 1.01. The molecular formula is C7H14N2. The zero-order valence-electron chi connectivity index (χ0n) is 6.39. The fourth-order valence-corrected chi connectivity index (χ4v) is 0.396. The first kappa shape index (κ1) is 8.34. The molecule has 0 aliphatic heterocycles. The van der Waals surface area contributed by atoms with Gasteiger partial charge in [0.25, 0.3) is 0 Å². The van der Waals surface area contributed by atoms with Gasteiger partial charge in [0.05, 0.1) is 6.54 Å². The Morgan fingerprint density at radius 1 is 1.56 bits per heavy atom. The van der Waals surface area contributed by atoms with E-state index in [4.69, 9.17) is 0 Å². The summed E-state index contributed by atoms with van der Waals surface area (Å²) in [5.41, 5.74) is 1.08. The second-order valence-corrected chi connectivity index (χ2v) is 1.89. The van der Waals surface area contributed by atoms with Crippen molar-refractivity contribution < 1.29 is 0 Å². The molecule has 0 saturated heterocycles. The molecule has 0 aromatic heterocycles. The standard InChI is InChI=1S/C7H14N2/c1-4-5-9-6-7(2)8-3/h5H,4,6H2,1-3H3/b8-7+,9-5-. The van der Waals surface area contributed by atoms with Gasteiger partial charge in [-0.2, -0.15) is 0 Å². The molecule has 0 aliphatic carbocycles. The van der Waals surface area contributed by atoms with E-state index >= 15 is 0 Å². The van der Waals surface area contributed by atoms with Crippen LogP contribution in [-0.4, -0.2) is 25.5 Å². The minimum atomic E-state index is 0.754. The van der Waals surface area contributed by atoms with Crippen molar-refractivity contribution in [3.63, 3.8) is 0 Å². The second-order valence-electron chi connectivity index (χ2n) is 1.89. The van der Waals surface area contributed by atoms with E-state index < -0.39 is 0 Å². The maximum Gasteiger partial charge on any atom is 0.0761 e. The Labute approximate surface area is 56.7 Å². The summed E-state index contributed by atoms with van der Waals surface area (Å²) in [6, 6.07) is 0. The van der Waals surface area contributed by atoms with E-state index in [1.165, 1.54) is 0 Å². The maximum atomic E-state index is 4.10. The van der Waals surface area contributed by atoms with Crippen molar-refractivity contribution in [1.82, 2.24) is 0 Å². The number of aliphatic imine (C=N–C) groups is 2. The van der Waals surface area contributed by atoms with E-state index in [0.29, 0.717) is 0 Å². The van der Waals surface area contributed by atoms with Crippen LogP contribution in [0.5, 0.6) is 0 Å². The van der Waals surface area contributed by atoms with Gasteiger partial charge in [0.2, 0.25) is 0 Å². The summed E-state index contributed by atoms with van der Waals surface area (Å²) in [6.45, 7) is 4.80. The van der Waals surface area contributed by atoms with Gasteiger partial charge >= 0.3 is 0 Å². The molecule has 0 saturated carbocycles. The fraction of sp³-hybridized carbons (Fsp3) is 0.714. The Morgan fingerprint density at radius 2 is 2.22 bits per heavy atom. The third-order valence-corrected chi connectivity index (χ3v) is 1.01. The highest BCUT2D eigenvalue weighted by atomic mass is 14.8. The summed E-state index contributed by atoms with van der Waals surface area (Å²) in [5, 5.41) is 0. The molecule has 0 heterocycles. The lowest BCUT2D eigenvalue weighted by Crippen LogP contribution is -1.95. The predicted octanol–water partition coefficient (Wildman–Crippen LogP) is 1.56. The van der Waals surface area contributed by atoms with Crippen LogP contribution in [0.25, 0.3) is 0 Å². The molecule has 0 aliphatic rings. The lowest BCUT2D eigenvalue weighted by atomic mass is 10.4. The summed E-state index contributed by atoms with van der Waals surface area (Å²) in [4.78, 5) is 8.07. The minimum Gasteiger partial charge on any atom is -0.296 e. The second kappa shape index (κ2) is 5.48. The van der Waals surface area contributed by atoms with E-state index in [2.05, 4.69) is 16.9 Å². The first-order valence-corrected chi connectivity index (χ1v) is 3.21. The van der Waals surface area contributed by atoms with Crippen molar-refractivity contribution in [2.75, 3.05) is 13.6 Å². The average molecular weight is 126 g/mol. The molecule has 2 nitrogen and oxygen atoms in total. The Hall–Kier alpha value is -0.660.